The van der Waals surface area contributed by atoms with Gasteiger partial charge < -0.3 is 14.5 Å². The van der Waals surface area contributed by atoms with Crippen molar-refractivity contribution >= 4 is 5.91 Å². The molecule has 0 aliphatic carbocycles. The second-order valence-electron chi connectivity index (χ2n) is 7.28. The molecule has 3 rings (SSSR count). The number of aromatic nitrogens is 2. The van der Waals surface area contributed by atoms with Gasteiger partial charge in [0, 0.05) is 18.8 Å². The smallest absolute Gasteiger partial charge is 0.435 e. The number of ether oxygens (including phenoxy) is 1. The molecule has 1 N–H and O–H groups in total. The molecular weight excluding hydrogens is 411 g/mol. The molecule has 166 valence electrons. The quantitative estimate of drug-likeness (QED) is 0.515. The van der Waals surface area contributed by atoms with Crippen LogP contribution in [0, 0.1) is 20.8 Å². The number of alkyl halides is 3. The van der Waals surface area contributed by atoms with Gasteiger partial charge in [-0.25, -0.2) is 0 Å². The summed E-state index contributed by atoms with van der Waals surface area (Å²) < 4.78 is 50.8. The summed E-state index contributed by atoms with van der Waals surface area (Å²) in [5, 5.41) is 6.26. The van der Waals surface area contributed by atoms with Crippen LogP contribution in [-0.2, 0) is 19.3 Å². The van der Waals surface area contributed by atoms with E-state index in [0.717, 1.165) is 22.9 Å². The molecular formula is C22H24F3N3O3. The van der Waals surface area contributed by atoms with Crippen molar-refractivity contribution in [3.05, 3.63) is 70.4 Å². The van der Waals surface area contributed by atoms with Crippen LogP contribution in [0.2, 0.25) is 0 Å². The average Bonchev–Trinajstić information content (AvgIpc) is 3.31. The van der Waals surface area contributed by atoms with Crippen LogP contribution < -0.4 is 10.1 Å². The Bertz CT molecular complexity index is 1030. The number of nitrogens with one attached hydrogen (secondary N) is 1. The standard InChI is InChI=1S/C22H24F3N3O3/c1-14-6-4-7-15(2)20(14)30-13-17-8-9-18(31-17)21(29)26-10-5-11-28-16(3)12-19(27-28)22(23,24)25/h4,6-9,12H,5,10-11,13H2,1-3H3,(H,26,29). The Labute approximate surface area is 178 Å². The fourth-order valence-corrected chi connectivity index (χ4v) is 3.14. The SMILES string of the molecule is Cc1cccc(C)c1OCc1ccc(C(=O)NCCCn2nc(C(F)(F)F)cc2C)o1. The fourth-order valence-electron chi connectivity index (χ4n) is 3.14. The Morgan fingerprint density at radius 3 is 2.52 bits per heavy atom. The number of hydrogen-bond donors (Lipinski definition) is 1. The van der Waals surface area contributed by atoms with Crippen molar-refractivity contribution in [2.75, 3.05) is 6.54 Å². The van der Waals surface area contributed by atoms with E-state index >= 15 is 0 Å². The number of carbonyl (C=O) groups is 1. The molecule has 6 nitrogen and oxygen atoms in total. The van der Waals surface area contributed by atoms with Crippen molar-refractivity contribution in [2.24, 2.45) is 0 Å². The second kappa shape index (κ2) is 9.28. The lowest BCUT2D eigenvalue weighted by Gasteiger charge is -2.10. The first kappa shape index (κ1) is 22.5. The minimum Gasteiger partial charge on any atom is -0.485 e. The number of aryl methyl sites for hydroxylation is 4. The molecule has 0 bridgehead atoms. The van der Waals surface area contributed by atoms with Crippen molar-refractivity contribution in [1.82, 2.24) is 15.1 Å². The van der Waals surface area contributed by atoms with E-state index in [4.69, 9.17) is 9.15 Å². The summed E-state index contributed by atoms with van der Waals surface area (Å²) in [6, 6.07) is 10.1. The molecule has 0 aliphatic rings. The van der Waals surface area contributed by atoms with E-state index in [1.54, 1.807) is 19.1 Å². The first-order chi connectivity index (χ1) is 14.6. The van der Waals surface area contributed by atoms with Gasteiger partial charge in [-0.3, -0.25) is 9.48 Å². The number of rotatable bonds is 8. The number of carbonyl (C=O) groups excluding carboxylic acids is 1. The predicted octanol–water partition coefficient (Wildman–Crippen LogP) is 4.82. The van der Waals surface area contributed by atoms with Gasteiger partial charge in [-0.1, -0.05) is 18.2 Å². The number of para-hydroxylation sites is 1. The average molecular weight is 435 g/mol. The molecule has 3 aromatic rings. The summed E-state index contributed by atoms with van der Waals surface area (Å²) in [5.74, 6) is 1.05. The van der Waals surface area contributed by atoms with Crippen LogP contribution in [0.1, 0.15) is 45.3 Å². The molecule has 0 saturated carbocycles. The van der Waals surface area contributed by atoms with E-state index in [0.29, 0.717) is 17.9 Å². The molecule has 0 saturated heterocycles. The number of halogens is 3. The Balaban J connectivity index is 1.46. The molecule has 0 unspecified atom stereocenters. The Morgan fingerprint density at radius 2 is 1.87 bits per heavy atom. The molecule has 2 aromatic heterocycles. The lowest BCUT2D eigenvalue weighted by Crippen LogP contribution is -2.25. The van der Waals surface area contributed by atoms with Crippen LogP contribution in [-0.4, -0.2) is 22.2 Å². The lowest BCUT2D eigenvalue weighted by atomic mass is 10.1. The van der Waals surface area contributed by atoms with Crippen molar-refractivity contribution < 1.29 is 27.1 Å². The largest absolute Gasteiger partial charge is 0.485 e. The van der Waals surface area contributed by atoms with Crippen LogP contribution in [0.4, 0.5) is 13.2 Å². The summed E-state index contributed by atoms with van der Waals surface area (Å²) in [7, 11) is 0. The summed E-state index contributed by atoms with van der Waals surface area (Å²) in [4.78, 5) is 12.2. The highest BCUT2D eigenvalue weighted by atomic mass is 19.4. The van der Waals surface area contributed by atoms with Gasteiger partial charge in [0.2, 0.25) is 0 Å². The third-order valence-corrected chi connectivity index (χ3v) is 4.76. The number of nitrogens with zero attached hydrogens (tertiary/aromatic N) is 2. The molecule has 0 radical (unpaired) electrons. The van der Waals surface area contributed by atoms with Crippen LogP contribution in [0.25, 0.3) is 0 Å². The summed E-state index contributed by atoms with van der Waals surface area (Å²) >= 11 is 0. The molecule has 0 atom stereocenters. The molecule has 0 aliphatic heterocycles. The van der Waals surface area contributed by atoms with E-state index in [-0.39, 0.29) is 25.5 Å². The third kappa shape index (κ3) is 5.68. The molecule has 0 fully saturated rings. The normalized spacial score (nSPS) is 11.5. The number of hydrogen-bond acceptors (Lipinski definition) is 4. The highest BCUT2D eigenvalue weighted by molar-refractivity contribution is 5.91. The molecule has 1 amide bonds. The van der Waals surface area contributed by atoms with Crippen molar-refractivity contribution in [3.8, 4) is 5.75 Å². The van der Waals surface area contributed by atoms with E-state index in [9.17, 15) is 18.0 Å². The minimum atomic E-state index is -4.47. The van der Waals surface area contributed by atoms with Gasteiger partial charge >= 0.3 is 6.18 Å². The highest BCUT2D eigenvalue weighted by Crippen LogP contribution is 2.28. The van der Waals surface area contributed by atoms with Gasteiger partial charge in [0.05, 0.1) is 0 Å². The summed E-state index contributed by atoms with van der Waals surface area (Å²) in [5.41, 5.74) is 1.53. The van der Waals surface area contributed by atoms with Gasteiger partial charge in [-0.2, -0.15) is 18.3 Å². The molecule has 0 spiro atoms. The Hall–Kier alpha value is -3.23. The Kier molecular flexibility index (Phi) is 6.72. The maximum absolute atomic E-state index is 12.7. The number of benzene rings is 1. The predicted molar refractivity (Wildman–Crippen MR) is 108 cm³/mol. The van der Waals surface area contributed by atoms with Crippen LogP contribution in [0.3, 0.4) is 0 Å². The van der Waals surface area contributed by atoms with E-state index in [2.05, 4.69) is 10.4 Å². The maximum Gasteiger partial charge on any atom is 0.435 e. The first-order valence-corrected chi connectivity index (χ1v) is 9.82. The number of amides is 1. The molecule has 2 heterocycles. The summed E-state index contributed by atoms with van der Waals surface area (Å²) in [6.45, 7) is 6.20. The lowest BCUT2D eigenvalue weighted by molar-refractivity contribution is -0.141. The monoisotopic (exact) mass is 435 g/mol. The van der Waals surface area contributed by atoms with Crippen LogP contribution >= 0.6 is 0 Å². The van der Waals surface area contributed by atoms with Gasteiger partial charge in [0.15, 0.2) is 11.5 Å². The molecule has 1 aromatic carbocycles. The molecule has 9 heteroatoms. The molecule has 31 heavy (non-hydrogen) atoms. The number of furan rings is 1. The van der Waals surface area contributed by atoms with E-state index in [1.807, 2.05) is 32.0 Å². The fraction of sp³-hybridized carbons (Fsp3) is 0.364. The van der Waals surface area contributed by atoms with Crippen LogP contribution in [0.15, 0.2) is 40.8 Å². The first-order valence-electron chi connectivity index (χ1n) is 9.82. The van der Waals surface area contributed by atoms with Gasteiger partial charge in [0.1, 0.15) is 18.1 Å². The zero-order valence-corrected chi connectivity index (χ0v) is 17.5. The highest BCUT2D eigenvalue weighted by Gasteiger charge is 2.34. The Morgan fingerprint density at radius 1 is 1.16 bits per heavy atom. The van der Waals surface area contributed by atoms with Crippen molar-refractivity contribution in [3.63, 3.8) is 0 Å². The van der Waals surface area contributed by atoms with E-state index in [1.165, 1.54) is 4.68 Å². The van der Waals surface area contributed by atoms with Crippen molar-refractivity contribution in [1.29, 1.82) is 0 Å². The van der Waals surface area contributed by atoms with Gasteiger partial charge in [0.25, 0.3) is 5.91 Å². The topological polar surface area (TPSA) is 69.3 Å². The van der Waals surface area contributed by atoms with E-state index < -0.39 is 17.8 Å². The van der Waals surface area contributed by atoms with Gasteiger partial charge in [-0.05, 0) is 56.5 Å². The third-order valence-electron chi connectivity index (χ3n) is 4.76. The maximum atomic E-state index is 12.7. The second-order valence-corrected chi connectivity index (χ2v) is 7.28. The zero-order chi connectivity index (χ0) is 22.6. The minimum absolute atomic E-state index is 0.148. The van der Waals surface area contributed by atoms with Crippen molar-refractivity contribution in [2.45, 2.75) is 46.5 Å². The van der Waals surface area contributed by atoms with Crippen LogP contribution in [0.5, 0.6) is 5.75 Å². The van der Waals surface area contributed by atoms with Gasteiger partial charge in [-0.15, -0.1) is 0 Å². The zero-order valence-electron chi connectivity index (χ0n) is 17.5. The summed E-state index contributed by atoms with van der Waals surface area (Å²) in [6.07, 6.45) is -4.04.